The Morgan fingerprint density at radius 1 is 1.12 bits per heavy atom. The molecule has 6 heteroatoms. The highest BCUT2D eigenvalue weighted by molar-refractivity contribution is 6.01. The van der Waals surface area contributed by atoms with E-state index in [1.165, 1.54) is 6.42 Å². The van der Waals surface area contributed by atoms with Crippen molar-refractivity contribution in [2.45, 2.75) is 58.0 Å². The fourth-order valence-corrected chi connectivity index (χ4v) is 3.63. The van der Waals surface area contributed by atoms with Gasteiger partial charge in [-0.25, -0.2) is 9.80 Å². The average Bonchev–Trinajstić information content (AvgIpc) is 2.98. The molecule has 2 atom stereocenters. The molecule has 0 aliphatic carbocycles. The van der Waals surface area contributed by atoms with E-state index in [0.717, 1.165) is 24.9 Å². The molecule has 1 aromatic carbocycles. The molecule has 2 N–H and O–H groups in total. The number of amides is 3. The van der Waals surface area contributed by atoms with Crippen molar-refractivity contribution in [3.05, 3.63) is 24.3 Å². The number of nitrogens with one attached hydrogen (secondary N) is 2. The van der Waals surface area contributed by atoms with E-state index < -0.39 is 0 Å². The van der Waals surface area contributed by atoms with Crippen LogP contribution in [0, 0.1) is 0 Å². The van der Waals surface area contributed by atoms with Crippen molar-refractivity contribution in [2.24, 2.45) is 0 Å². The van der Waals surface area contributed by atoms with Gasteiger partial charge in [0.1, 0.15) is 0 Å². The zero-order valence-electron chi connectivity index (χ0n) is 14.4. The summed E-state index contributed by atoms with van der Waals surface area (Å²) in [5.41, 5.74) is 4.42. The molecule has 3 amide bonds. The number of urea groups is 1. The second kappa shape index (κ2) is 7.21. The van der Waals surface area contributed by atoms with Gasteiger partial charge in [-0.15, -0.1) is 0 Å². The van der Waals surface area contributed by atoms with Crippen molar-refractivity contribution < 1.29 is 9.59 Å². The molecule has 2 aliphatic heterocycles. The second-order valence-electron chi connectivity index (χ2n) is 6.77. The predicted octanol–water partition coefficient (Wildman–Crippen LogP) is 3.11. The van der Waals surface area contributed by atoms with Gasteiger partial charge in [0.15, 0.2) is 0 Å². The highest BCUT2D eigenvalue weighted by Crippen LogP contribution is 2.29. The maximum absolute atomic E-state index is 12.5. The first-order valence-electron chi connectivity index (χ1n) is 8.81. The number of nitrogens with zero attached hydrogens (tertiary/aromatic N) is 2. The molecule has 0 unspecified atom stereocenters. The van der Waals surface area contributed by atoms with Crippen LogP contribution in [0.2, 0.25) is 0 Å². The molecule has 2 aliphatic rings. The fraction of sp³-hybridized carbons (Fsp3) is 0.556. The molecule has 24 heavy (non-hydrogen) atoms. The first-order chi connectivity index (χ1) is 11.6. The largest absolute Gasteiger partial charge is 0.333 e. The number of piperidine rings is 1. The van der Waals surface area contributed by atoms with E-state index in [0.29, 0.717) is 30.7 Å². The molecule has 0 bridgehead atoms. The number of hydrogen-bond acceptors (Lipinski definition) is 3. The number of hydrazine groups is 1. The van der Waals surface area contributed by atoms with Gasteiger partial charge < -0.3 is 10.2 Å². The van der Waals surface area contributed by atoms with Crippen LogP contribution in [0.3, 0.4) is 0 Å². The van der Waals surface area contributed by atoms with Crippen LogP contribution in [0.1, 0.15) is 46.0 Å². The third-order valence-electron chi connectivity index (χ3n) is 4.94. The smallest absolute Gasteiger partial charge is 0.310 e. The SMILES string of the molecule is C[C@@H]1CCC[C@@H](C)N1NC(=O)Nc1ccccc1N1CCCC1=O. The molecule has 1 aromatic rings. The summed E-state index contributed by atoms with van der Waals surface area (Å²) in [6, 6.07) is 7.87. The topological polar surface area (TPSA) is 64.7 Å². The predicted molar refractivity (Wildman–Crippen MR) is 94.8 cm³/mol. The quantitative estimate of drug-likeness (QED) is 0.895. The van der Waals surface area contributed by atoms with Crippen LogP contribution >= 0.6 is 0 Å². The Kier molecular flexibility index (Phi) is 5.04. The van der Waals surface area contributed by atoms with E-state index in [1.807, 2.05) is 29.3 Å². The third kappa shape index (κ3) is 3.53. The summed E-state index contributed by atoms with van der Waals surface area (Å²) in [6.07, 6.45) is 4.81. The number of anilines is 2. The Labute approximate surface area is 143 Å². The van der Waals surface area contributed by atoms with E-state index in [-0.39, 0.29) is 11.9 Å². The second-order valence-corrected chi connectivity index (χ2v) is 6.77. The van der Waals surface area contributed by atoms with E-state index in [9.17, 15) is 9.59 Å². The van der Waals surface area contributed by atoms with Gasteiger partial charge in [0.2, 0.25) is 5.91 Å². The van der Waals surface area contributed by atoms with Gasteiger partial charge in [-0.05, 0) is 45.2 Å². The van der Waals surface area contributed by atoms with Crippen LogP contribution in [0.25, 0.3) is 0 Å². The maximum Gasteiger partial charge on any atom is 0.333 e. The van der Waals surface area contributed by atoms with E-state index in [2.05, 4.69) is 24.6 Å². The number of rotatable bonds is 3. The number of benzene rings is 1. The van der Waals surface area contributed by atoms with Crippen LogP contribution in [0.5, 0.6) is 0 Å². The van der Waals surface area contributed by atoms with E-state index in [1.54, 1.807) is 4.90 Å². The summed E-state index contributed by atoms with van der Waals surface area (Å²) in [5.74, 6) is 0.114. The van der Waals surface area contributed by atoms with Crippen molar-refractivity contribution in [1.29, 1.82) is 0 Å². The summed E-state index contributed by atoms with van der Waals surface area (Å²) < 4.78 is 0. The molecule has 0 radical (unpaired) electrons. The molecular weight excluding hydrogens is 304 g/mol. The average molecular weight is 330 g/mol. The summed E-state index contributed by atoms with van der Waals surface area (Å²) in [5, 5.41) is 4.94. The zero-order chi connectivity index (χ0) is 17.1. The number of hydrogen-bond donors (Lipinski definition) is 2. The Bertz CT molecular complexity index is 609. The van der Waals surface area contributed by atoms with Gasteiger partial charge in [-0.2, -0.15) is 0 Å². The number of carbonyl (C=O) groups is 2. The Hall–Kier alpha value is -2.08. The zero-order valence-corrected chi connectivity index (χ0v) is 14.4. The van der Waals surface area contributed by atoms with Crippen molar-refractivity contribution >= 4 is 23.3 Å². The van der Waals surface area contributed by atoms with Crippen LogP contribution in [-0.4, -0.2) is 35.6 Å². The minimum Gasteiger partial charge on any atom is -0.310 e. The Morgan fingerprint density at radius 3 is 2.50 bits per heavy atom. The van der Waals surface area contributed by atoms with Gasteiger partial charge in [0.05, 0.1) is 11.4 Å². The van der Waals surface area contributed by atoms with Gasteiger partial charge in [-0.3, -0.25) is 10.2 Å². The van der Waals surface area contributed by atoms with Crippen molar-refractivity contribution in [2.75, 3.05) is 16.8 Å². The molecule has 2 fully saturated rings. The molecular formula is C18H26N4O2. The molecule has 130 valence electrons. The molecule has 0 spiro atoms. The minimum atomic E-state index is -0.255. The van der Waals surface area contributed by atoms with E-state index >= 15 is 0 Å². The first-order valence-corrected chi connectivity index (χ1v) is 8.81. The van der Waals surface area contributed by atoms with Crippen LogP contribution in [0.15, 0.2) is 24.3 Å². The van der Waals surface area contributed by atoms with Crippen LogP contribution in [0.4, 0.5) is 16.2 Å². The lowest BCUT2D eigenvalue weighted by atomic mass is 10.00. The number of para-hydroxylation sites is 2. The summed E-state index contributed by atoms with van der Waals surface area (Å²) in [7, 11) is 0. The standard InChI is InChI=1S/C18H26N4O2/c1-13-7-5-8-14(2)22(13)20-18(24)19-15-9-3-4-10-16(15)21-12-6-11-17(21)23/h3-4,9-10,13-14H,5-8,11-12H2,1-2H3,(H2,19,20,24)/t13-,14-/m1/s1. The first kappa shape index (κ1) is 16.8. The highest BCUT2D eigenvalue weighted by Gasteiger charge is 2.27. The molecule has 6 nitrogen and oxygen atoms in total. The van der Waals surface area contributed by atoms with Crippen molar-refractivity contribution in [3.8, 4) is 0 Å². The minimum absolute atomic E-state index is 0.114. The molecule has 2 saturated heterocycles. The molecule has 2 heterocycles. The van der Waals surface area contributed by atoms with Gasteiger partial charge in [0.25, 0.3) is 0 Å². The Morgan fingerprint density at radius 2 is 1.83 bits per heavy atom. The normalized spacial score (nSPS) is 24.9. The molecule has 0 aromatic heterocycles. The monoisotopic (exact) mass is 330 g/mol. The lowest BCUT2D eigenvalue weighted by Gasteiger charge is -2.38. The van der Waals surface area contributed by atoms with E-state index in [4.69, 9.17) is 0 Å². The highest BCUT2D eigenvalue weighted by atomic mass is 16.2. The molecule has 3 rings (SSSR count). The Balaban J connectivity index is 1.69. The van der Waals surface area contributed by atoms with Crippen LogP contribution in [-0.2, 0) is 4.79 Å². The fourth-order valence-electron chi connectivity index (χ4n) is 3.63. The lowest BCUT2D eigenvalue weighted by molar-refractivity contribution is -0.117. The number of carbonyl (C=O) groups excluding carboxylic acids is 2. The summed E-state index contributed by atoms with van der Waals surface area (Å²) >= 11 is 0. The maximum atomic E-state index is 12.5. The van der Waals surface area contributed by atoms with Gasteiger partial charge in [0, 0.05) is 25.0 Å². The van der Waals surface area contributed by atoms with Crippen molar-refractivity contribution in [1.82, 2.24) is 10.4 Å². The van der Waals surface area contributed by atoms with Crippen molar-refractivity contribution in [3.63, 3.8) is 0 Å². The van der Waals surface area contributed by atoms with Gasteiger partial charge >= 0.3 is 6.03 Å². The third-order valence-corrected chi connectivity index (χ3v) is 4.94. The van der Waals surface area contributed by atoms with Gasteiger partial charge in [-0.1, -0.05) is 18.6 Å². The van der Waals surface area contributed by atoms with Crippen LogP contribution < -0.4 is 15.6 Å². The summed E-state index contributed by atoms with van der Waals surface area (Å²) in [4.78, 5) is 26.2. The summed E-state index contributed by atoms with van der Waals surface area (Å²) in [6.45, 7) is 4.97. The lowest BCUT2D eigenvalue weighted by Crippen LogP contribution is -2.55. The molecule has 0 saturated carbocycles.